The number of amides is 2. The predicted octanol–water partition coefficient (Wildman–Crippen LogP) is 3.25. The van der Waals surface area contributed by atoms with E-state index in [1.807, 2.05) is 0 Å². The number of benzene rings is 1. The molecule has 0 bridgehead atoms. The molecular weight excluding hydrogens is 549 g/mol. The zero-order valence-corrected chi connectivity index (χ0v) is 22.4. The van der Waals surface area contributed by atoms with Gasteiger partial charge in [0.25, 0.3) is 11.8 Å². The van der Waals surface area contributed by atoms with Gasteiger partial charge >= 0.3 is 0 Å². The molecule has 210 valence electrons. The Morgan fingerprint density at radius 2 is 1.95 bits per heavy atom. The number of hydrogen-bond acceptors (Lipinski definition) is 6. The minimum absolute atomic E-state index is 0.000456. The molecule has 3 aliphatic rings. The van der Waals surface area contributed by atoms with Gasteiger partial charge in [0, 0.05) is 49.4 Å². The molecule has 13 heteroatoms. The van der Waals surface area contributed by atoms with Crippen molar-refractivity contribution in [2.24, 2.45) is 13.0 Å². The van der Waals surface area contributed by atoms with Crippen molar-refractivity contribution >= 4 is 35.1 Å². The van der Waals surface area contributed by atoms with Gasteiger partial charge in [-0.15, -0.1) is 0 Å². The van der Waals surface area contributed by atoms with E-state index in [0.29, 0.717) is 0 Å². The van der Waals surface area contributed by atoms with Crippen molar-refractivity contribution in [2.75, 3.05) is 29.9 Å². The highest BCUT2D eigenvalue weighted by atomic mass is 35.5. The Kier molecular flexibility index (Phi) is 6.30. The number of pyridine rings is 1. The molecule has 2 aromatic heterocycles. The molecule has 40 heavy (non-hydrogen) atoms. The lowest BCUT2D eigenvalue weighted by Gasteiger charge is -2.43. The van der Waals surface area contributed by atoms with Gasteiger partial charge < -0.3 is 15.3 Å². The molecule has 1 saturated heterocycles. The van der Waals surface area contributed by atoms with Crippen LogP contribution in [0.5, 0.6) is 0 Å². The first-order chi connectivity index (χ1) is 19.0. The van der Waals surface area contributed by atoms with Gasteiger partial charge in [-0.1, -0.05) is 23.7 Å². The van der Waals surface area contributed by atoms with E-state index in [1.165, 1.54) is 41.0 Å². The van der Waals surface area contributed by atoms with Crippen molar-refractivity contribution in [3.63, 3.8) is 0 Å². The number of nitrogens with one attached hydrogen (secondary N) is 1. The molecule has 2 N–H and O–H groups in total. The maximum absolute atomic E-state index is 16.3. The maximum Gasteiger partial charge on any atom is 0.261 e. The zero-order chi connectivity index (χ0) is 28.5. The monoisotopic (exact) mass is 574 g/mol. The van der Waals surface area contributed by atoms with Crippen molar-refractivity contribution in [1.82, 2.24) is 19.7 Å². The Morgan fingerprint density at radius 1 is 1.23 bits per heavy atom. The molecule has 1 saturated carbocycles. The Hall–Kier alpha value is -3.64. The Morgan fingerprint density at radius 3 is 2.60 bits per heavy atom. The van der Waals surface area contributed by atoms with Gasteiger partial charge in [0.2, 0.25) is 0 Å². The summed E-state index contributed by atoms with van der Waals surface area (Å²) in [7, 11) is 1.49. The summed E-state index contributed by atoms with van der Waals surface area (Å²) in [6, 6.07) is 3.97. The molecule has 4 heterocycles. The van der Waals surface area contributed by atoms with Crippen LogP contribution in [0, 0.1) is 23.4 Å². The second-order valence-corrected chi connectivity index (χ2v) is 11.3. The Bertz CT molecular complexity index is 1540. The van der Waals surface area contributed by atoms with Crippen molar-refractivity contribution in [3.05, 3.63) is 69.8 Å². The number of aliphatic hydroxyl groups excluding tert-OH is 1. The minimum atomic E-state index is -1.51. The second-order valence-electron chi connectivity index (χ2n) is 10.9. The van der Waals surface area contributed by atoms with Crippen LogP contribution in [-0.4, -0.2) is 68.4 Å². The smallest absolute Gasteiger partial charge is 0.261 e. The summed E-state index contributed by atoms with van der Waals surface area (Å²) in [6.45, 7) is 1.71. The second kappa shape index (κ2) is 9.48. The van der Waals surface area contributed by atoms with E-state index < -0.39 is 34.9 Å². The van der Waals surface area contributed by atoms with Gasteiger partial charge in [-0.2, -0.15) is 5.10 Å². The lowest BCUT2D eigenvalue weighted by molar-refractivity contribution is -0.145. The van der Waals surface area contributed by atoms with Crippen LogP contribution < -0.4 is 10.2 Å². The summed E-state index contributed by atoms with van der Waals surface area (Å²) in [5, 5.41) is 16.9. The third kappa shape index (κ3) is 4.21. The SMILES string of the molecule is Cn1cc(F)c(N2C[C@](C)(c3cccc(Cl)c3F)c3c(cnc(NC4CN(C(=O)[C@@H](O)C5CC5)C4)c3F)C2=O)n1. The number of aryl methyl sites for hydroxylation is 1. The average Bonchev–Trinajstić information content (AvgIpc) is 3.68. The van der Waals surface area contributed by atoms with Gasteiger partial charge in [-0.3, -0.25) is 19.2 Å². The highest BCUT2D eigenvalue weighted by molar-refractivity contribution is 6.30. The van der Waals surface area contributed by atoms with E-state index >= 15 is 8.78 Å². The van der Waals surface area contributed by atoms with E-state index in [4.69, 9.17) is 11.6 Å². The topological polar surface area (TPSA) is 104 Å². The summed E-state index contributed by atoms with van der Waals surface area (Å²) in [6.07, 6.45) is 2.89. The first-order valence-electron chi connectivity index (χ1n) is 12.9. The van der Waals surface area contributed by atoms with Crippen LogP contribution in [0.3, 0.4) is 0 Å². The number of fused-ring (bicyclic) bond motifs is 1. The first-order valence-corrected chi connectivity index (χ1v) is 13.2. The Labute approximate surface area is 232 Å². The normalized spacial score (nSPS) is 21.7. The highest BCUT2D eigenvalue weighted by Gasteiger charge is 2.48. The molecule has 2 aliphatic heterocycles. The van der Waals surface area contributed by atoms with Crippen LogP contribution in [0.2, 0.25) is 5.02 Å². The van der Waals surface area contributed by atoms with Crippen LogP contribution in [-0.2, 0) is 17.3 Å². The van der Waals surface area contributed by atoms with Crippen LogP contribution in [0.15, 0.2) is 30.6 Å². The number of aliphatic hydroxyl groups is 1. The van der Waals surface area contributed by atoms with E-state index in [9.17, 15) is 19.1 Å². The molecule has 9 nitrogen and oxygen atoms in total. The van der Waals surface area contributed by atoms with E-state index in [1.54, 1.807) is 6.92 Å². The molecule has 2 fully saturated rings. The maximum atomic E-state index is 16.3. The van der Waals surface area contributed by atoms with Crippen molar-refractivity contribution < 1.29 is 27.9 Å². The third-order valence-electron chi connectivity index (χ3n) is 7.94. The van der Waals surface area contributed by atoms with Gasteiger partial charge in [-0.05, 0) is 31.7 Å². The molecule has 0 spiro atoms. The molecular formula is C27H26ClF3N6O3. The summed E-state index contributed by atoms with van der Waals surface area (Å²) in [5.74, 6) is -3.95. The predicted molar refractivity (Wildman–Crippen MR) is 140 cm³/mol. The standard InChI is InChI=1S/C27H26ClF3N6O3/c1-27(16-4-3-5-17(28)20(16)30)12-37(24-18(29)11-35(2)34-24)25(39)15-8-32-23(21(31)19(15)27)33-14-9-36(10-14)26(40)22(38)13-6-7-13/h3-5,8,11,13-14,22,38H,6-7,9-10,12H2,1-2H3,(H,32,33)/t22-,27+/m0/s1. The summed E-state index contributed by atoms with van der Waals surface area (Å²) in [5.41, 5.74) is -1.78. The number of anilines is 2. The molecule has 6 rings (SSSR count). The molecule has 1 aliphatic carbocycles. The number of aromatic nitrogens is 3. The fraction of sp³-hybridized carbons (Fsp3) is 0.407. The fourth-order valence-corrected chi connectivity index (χ4v) is 5.77. The number of hydrogen-bond donors (Lipinski definition) is 2. The molecule has 0 radical (unpaired) electrons. The lowest BCUT2D eigenvalue weighted by atomic mass is 9.71. The molecule has 0 unspecified atom stereocenters. The van der Waals surface area contributed by atoms with Crippen LogP contribution in [0.25, 0.3) is 0 Å². The minimum Gasteiger partial charge on any atom is -0.383 e. The highest BCUT2D eigenvalue weighted by Crippen LogP contribution is 2.45. The summed E-state index contributed by atoms with van der Waals surface area (Å²) in [4.78, 5) is 32.6. The van der Waals surface area contributed by atoms with Crippen LogP contribution in [0.1, 0.15) is 41.3 Å². The number of rotatable bonds is 6. The van der Waals surface area contributed by atoms with Gasteiger partial charge in [0.15, 0.2) is 23.3 Å². The molecule has 2 atom stereocenters. The van der Waals surface area contributed by atoms with Gasteiger partial charge in [-0.25, -0.2) is 18.2 Å². The third-order valence-corrected chi connectivity index (χ3v) is 8.24. The summed E-state index contributed by atoms with van der Waals surface area (Å²) >= 11 is 6.08. The fourth-order valence-electron chi connectivity index (χ4n) is 5.60. The van der Waals surface area contributed by atoms with E-state index in [0.717, 1.165) is 23.9 Å². The summed E-state index contributed by atoms with van der Waals surface area (Å²) < 4.78 is 47.7. The van der Waals surface area contributed by atoms with Crippen molar-refractivity contribution in [2.45, 2.75) is 37.3 Å². The van der Waals surface area contributed by atoms with Crippen LogP contribution >= 0.6 is 11.6 Å². The van der Waals surface area contributed by atoms with Crippen LogP contribution in [0.4, 0.5) is 24.8 Å². The van der Waals surface area contributed by atoms with Gasteiger partial charge in [0.05, 0.1) is 22.8 Å². The number of carbonyl (C=O) groups is 2. The molecule has 2 amide bonds. The first kappa shape index (κ1) is 26.6. The number of carbonyl (C=O) groups excluding carboxylic acids is 2. The number of halogens is 4. The van der Waals surface area contributed by atoms with Gasteiger partial charge in [0.1, 0.15) is 11.9 Å². The molecule has 3 aromatic rings. The molecule has 1 aromatic carbocycles. The van der Waals surface area contributed by atoms with E-state index in [-0.39, 0.29) is 70.8 Å². The Balaban J connectivity index is 1.37. The quantitative estimate of drug-likeness (QED) is 0.469. The van der Waals surface area contributed by atoms with Crippen molar-refractivity contribution in [1.29, 1.82) is 0 Å². The largest absolute Gasteiger partial charge is 0.383 e. The average molecular weight is 575 g/mol. The zero-order valence-electron chi connectivity index (χ0n) is 21.7. The van der Waals surface area contributed by atoms with Crippen molar-refractivity contribution in [3.8, 4) is 0 Å². The van der Waals surface area contributed by atoms with E-state index in [2.05, 4.69) is 15.4 Å². The lowest BCUT2D eigenvalue weighted by Crippen LogP contribution is -2.59. The number of likely N-dealkylation sites (tertiary alicyclic amines) is 1. The number of nitrogens with zero attached hydrogens (tertiary/aromatic N) is 5.